The van der Waals surface area contributed by atoms with E-state index in [2.05, 4.69) is 16.9 Å². The third-order valence-electron chi connectivity index (χ3n) is 4.76. The first kappa shape index (κ1) is 18.3. The highest BCUT2D eigenvalue weighted by atomic mass is 19.4. The normalized spacial score (nSPS) is 19.3. The highest BCUT2D eigenvalue weighted by Gasteiger charge is 2.44. The zero-order valence-electron chi connectivity index (χ0n) is 14.0. The van der Waals surface area contributed by atoms with Crippen LogP contribution in [0.5, 0.6) is 0 Å². The van der Waals surface area contributed by atoms with Crippen molar-refractivity contribution in [2.45, 2.75) is 65.4 Å². The fourth-order valence-corrected chi connectivity index (χ4v) is 3.31. The van der Waals surface area contributed by atoms with Crippen LogP contribution in [0.2, 0.25) is 0 Å². The van der Waals surface area contributed by atoms with Crippen LogP contribution < -0.4 is 0 Å². The molecular weight excluding hydrogens is 307 g/mol. The molecule has 1 saturated heterocycles. The van der Waals surface area contributed by atoms with Gasteiger partial charge in [-0.05, 0) is 52.1 Å². The zero-order chi connectivity index (χ0) is 17.2. The number of piperidine rings is 1. The fourth-order valence-electron chi connectivity index (χ4n) is 3.31. The molecule has 1 aliphatic heterocycles. The lowest BCUT2D eigenvalue weighted by Crippen LogP contribution is -2.43. The molecule has 0 bridgehead atoms. The molecule has 4 nitrogen and oxygen atoms in total. The molecule has 1 aromatic rings. The molecule has 0 radical (unpaired) electrons. The Bertz CT molecular complexity index is 519. The van der Waals surface area contributed by atoms with Gasteiger partial charge in [0.15, 0.2) is 6.10 Å². The summed E-state index contributed by atoms with van der Waals surface area (Å²) in [5.41, 5.74) is 3.31. The van der Waals surface area contributed by atoms with Crippen molar-refractivity contribution in [2.75, 3.05) is 13.1 Å². The van der Waals surface area contributed by atoms with E-state index >= 15 is 0 Å². The van der Waals surface area contributed by atoms with Crippen molar-refractivity contribution in [3.05, 3.63) is 17.0 Å². The van der Waals surface area contributed by atoms with Gasteiger partial charge in [-0.2, -0.15) is 18.3 Å². The molecule has 0 aliphatic carbocycles. The number of hydrogen-bond donors (Lipinski definition) is 1. The summed E-state index contributed by atoms with van der Waals surface area (Å²) in [4.78, 5) is 2.16. The summed E-state index contributed by atoms with van der Waals surface area (Å²) in [7, 11) is 0. The molecule has 1 fully saturated rings. The number of hydrogen-bond acceptors (Lipinski definition) is 3. The third kappa shape index (κ3) is 4.26. The van der Waals surface area contributed by atoms with Gasteiger partial charge in [0.05, 0.1) is 5.69 Å². The molecule has 1 unspecified atom stereocenters. The van der Waals surface area contributed by atoms with Crippen molar-refractivity contribution >= 4 is 0 Å². The van der Waals surface area contributed by atoms with Gasteiger partial charge in [-0.3, -0.25) is 9.58 Å². The molecule has 1 aromatic heterocycles. The minimum Gasteiger partial charge on any atom is -0.383 e. The van der Waals surface area contributed by atoms with Crippen molar-refractivity contribution in [3.63, 3.8) is 0 Å². The molecule has 23 heavy (non-hydrogen) atoms. The maximum Gasteiger partial charge on any atom is 0.414 e. The molecule has 0 amide bonds. The number of aliphatic hydroxyl groups is 1. The fraction of sp³-hybridized carbons (Fsp3) is 0.812. The first-order valence-corrected chi connectivity index (χ1v) is 8.24. The maximum absolute atomic E-state index is 12.6. The van der Waals surface area contributed by atoms with Gasteiger partial charge in [0.1, 0.15) is 0 Å². The van der Waals surface area contributed by atoms with E-state index in [0.29, 0.717) is 25.9 Å². The van der Waals surface area contributed by atoms with Gasteiger partial charge in [-0.25, -0.2) is 0 Å². The van der Waals surface area contributed by atoms with Crippen LogP contribution >= 0.6 is 0 Å². The Labute approximate surface area is 135 Å². The smallest absolute Gasteiger partial charge is 0.383 e. The average molecular weight is 333 g/mol. The summed E-state index contributed by atoms with van der Waals surface area (Å²) >= 11 is 0. The van der Waals surface area contributed by atoms with Crippen molar-refractivity contribution in [1.29, 1.82) is 0 Å². The number of likely N-dealkylation sites (tertiary alicyclic amines) is 1. The van der Waals surface area contributed by atoms with Gasteiger partial charge < -0.3 is 5.11 Å². The predicted molar refractivity (Wildman–Crippen MR) is 82.1 cm³/mol. The SMILES string of the molecule is CCCn1nc(C)c(CN2CCC(C(O)C(F)(F)F)CC2)c1C. The molecule has 2 heterocycles. The molecule has 7 heteroatoms. The van der Waals surface area contributed by atoms with E-state index in [1.807, 2.05) is 18.5 Å². The standard InChI is InChI=1S/C16H26F3N3O/c1-4-7-22-12(3)14(11(2)20-22)10-21-8-5-13(6-9-21)15(23)16(17,18)19/h13,15,23H,4-10H2,1-3H3. The maximum atomic E-state index is 12.6. The molecule has 0 spiro atoms. The first-order valence-electron chi connectivity index (χ1n) is 8.24. The summed E-state index contributed by atoms with van der Waals surface area (Å²) in [5, 5.41) is 13.9. The van der Waals surface area contributed by atoms with Gasteiger partial charge in [0.2, 0.25) is 0 Å². The number of aryl methyl sites for hydroxylation is 2. The summed E-state index contributed by atoms with van der Waals surface area (Å²) < 4.78 is 39.8. The lowest BCUT2D eigenvalue weighted by atomic mass is 9.90. The van der Waals surface area contributed by atoms with Crippen molar-refractivity contribution in [3.8, 4) is 0 Å². The summed E-state index contributed by atoms with van der Waals surface area (Å²) in [5.74, 6) is -0.684. The quantitative estimate of drug-likeness (QED) is 0.900. The van der Waals surface area contributed by atoms with Crippen LogP contribution in [0.3, 0.4) is 0 Å². The molecule has 1 N–H and O–H groups in total. The second-order valence-electron chi connectivity index (χ2n) is 6.47. The Hall–Kier alpha value is -1.08. The van der Waals surface area contributed by atoms with Crippen LogP contribution in [0.25, 0.3) is 0 Å². The molecule has 1 atom stereocenters. The number of aromatic nitrogens is 2. The number of alkyl halides is 3. The molecule has 0 saturated carbocycles. The Balaban J connectivity index is 1.95. The molecule has 0 aromatic carbocycles. The largest absolute Gasteiger partial charge is 0.414 e. The Morgan fingerprint density at radius 1 is 1.26 bits per heavy atom. The number of nitrogens with zero attached hydrogens (tertiary/aromatic N) is 3. The first-order chi connectivity index (χ1) is 10.7. The van der Waals surface area contributed by atoms with E-state index in [9.17, 15) is 18.3 Å². The second kappa shape index (κ2) is 7.21. The van der Waals surface area contributed by atoms with Gasteiger partial charge in [0.25, 0.3) is 0 Å². The van der Waals surface area contributed by atoms with Crippen LogP contribution in [-0.4, -0.2) is 45.2 Å². The van der Waals surface area contributed by atoms with Crippen LogP contribution in [0.1, 0.15) is 43.1 Å². The van der Waals surface area contributed by atoms with Crippen molar-refractivity contribution < 1.29 is 18.3 Å². The van der Waals surface area contributed by atoms with Crippen molar-refractivity contribution in [2.24, 2.45) is 5.92 Å². The van der Waals surface area contributed by atoms with Crippen LogP contribution in [-0.2, 0) is 13.1 Å². The topological polar surface area (TPSA) is 41.3 Å². The Kier molecular flexibility index (Phi) is 5.73. The van der Waals surface area contributed by atoms with E-state index in [1.54, 1.807) is 0 Å². The van der Waals surface area contributed by atoms with Crippen LogP contribution in [0, 0.1) is 19.8 Å². The van der Waals surface area contributed by atoms with E-state index in [4.69, 9.17) is 0 Å². The lowest BCUT2D eigenvalue weighted by Gasteiger charge is -2.34. The number of halogens is 3. The van der Waals surface area contributed by atoms with Crippen molar-refractivity contribution in [1.82, 2.24) is 14.7 Å². The number of rotatable bonds is 5. The zero-order valence-corrected chi connectivity index (χ0v) is 14.0. The highest BCUT2D eigenvalue weighted by molar-refractivity contribution is 5.24. The number of aliphatic hydroxyl groups excluding tert-OH is 1. The Morgan fingerprint density at radius 3 is 2.39 bits per heavy atom. The van der Waals surface area contributed by atoms with Crippen LogP contribution in [0.15, 0.2) is 0 Å². The van der Waals surface area contributed by atoms with Gasteiger partial charge in [-0.1, -0.05) is 6.92 Å². The highest BCUT2D eigenvalue weighted by Crippen LogP contribution is 2.32. The van der Waals surface area contributed by atoms with Gasteiger partial charge >= 0.3 is 6.18 Å². The predicted octanol–water partition coefficient (Wildman–Crippen LogP) is 3.05. The van der Waals surface area contributed by atoms with E-state index < -0.39 is 18.2 Å². The third-order valence-corrected chi connectivity index (χ3v) is 4.76. The van der Waals surface area contributed by atoms with Crippen LogP contribution in [0.4, 0.5) is 13.2 Å². The lowest BCUT2D eigenvalue weighted by molar-refractivity contribution is -0.223. The molecule has 1 aliphatic rings. The summed E-state index contributed by atoms with van der Waals surface area (Å²) in [6, 6.07) is 0. The van der Waals surface area contributed by atoms with E-state index in [0.717, 1.165) is 30.9 Å². The van der Waals surface area contributed by atoms with E-state index in [-0.39, 0.29) is 0 Å². The minimum absolute atomic E-state index is 0.377. The molecular formula is C16H26F3N3O. The summed E-state index contributed by atoms with van der Waals surface area (Å²) in [6.07, 6.45) is -4.94. The average Bonchev–Trinajstić information content (AvgIpc) is 2.74. The van der Waals surface area contributed by atoms with E-state index in [1.165, 1.54) is 5.56 Å². The molecule has 132 valence electrons. The van der Waals surface area contributed by atoms with Gasteiger partial charge in [-0.15, -0.1) is 0 Å². The second-order valence-corrected chi connectivity index (χ2v) is 6.47. The molecule has 2 rings (SSSR count). The monoisotopic (exact) mass is 333 g/mol. The summed E-state index contributed by atoms with van der Waals surface area (Å²) in [6.45, 7) is 8.89. The minimum atomic E-state index is -4.51. The Morgan fingerprint density at radius 2 is 1.87 bits per heavy atom. The van der Waals surface area contributed by atoms with Gasteiger partial charge in [0, 0.05) is 24.3 Å².